The predicted molar refractivity (Wildman–Crippen MR) is 71.5 cm³/mol. The first-order valence-corrected chi connectivity index (χ1v) is 6.37. The average molecular weight is 233 g/mol. The Balaban J connectivity index is 2.49. The lowest BCUT2D eigenvalue weighted by atomic mass is 10.2. The van der Waals surface area contributed by atoms with Gasteiger partial charge in [-0.05, 0) is 25.5 Å². The third-order valence-corrected chi connectivity index (χ3v) is 3.66. The van der Waals surface area contributed by atoms with E-state index in [1.165, 1.54) is 0 Å². The fourth-order valence-electron chi connectivity index (χ4n) is 1.55. The fraction of sp³-hybridized carbons (Fsp3) is 0.308. The molecule has 2 nitrogen and oxygen atoms in total. The Bertz CT molecular complexity index is 547. The van der Waals surface area contributed by atoms with Crippen LogP contribution in [0.5, 0.6) is 0 Å². The molecule has 0 radical (unpaired) electrons. The molecule has 0 amide bonds. The van der Waals surface area contributed by atoms with Gasteiger partial charge in [-0.1, -0.05) is 19.1 Å². The Morgan fingerprint density at radius 2 is 2.12 bits per heavy atom. The van der Waals surface area contributed by atoms with Gasteiger partial charge >= 0.3 is 0 Å². The van der Waals surface area contributed by atoms with Crippen LogP contribution in [0.4, 0.5) is 5.69 Å². The van der Waals surface area contributed by atoms with Crippen molar-refractivity contribution in [2.24, 2.45) is 0 Å². The number of anilines is 1. The maximum Gasteiger partial charge on any atom is 0.211 e. The van der Waals surface area contributed by atoms with E-state index >= 15 is 0 Å². The third-order valence-electron chi connectivity index (χ3n) is 2.69. The van der Waals surface area contributed by atoms with Crippen molar-refractivity contribution in [1.82, 2.24) is 0 Å². The molecule has 1 aromatic heterocycles. The summed E-state index contributed by atoms with van der Waals surface area (Å²) in [6.07, 6.45) is 1.01. The normalized spacial score (nSPS) is 12.6. The molecule has 0 spiro atoms. The first-order chi connectivity index (χ1) is 7.72. The first kappa shape index (κ1) is 11.1. The van der Waals surface area contributed by atoms with Gasteiger partial charge in [-0.3, -0.25) is 4.79 Å². The van der Waals surface area contributed by atoms with Crippen molar-refractivity contribution in [3.63, 3.8) is 0 Å². The quantitative estimate of drug-likeness (QED) is 0.879. The molecule has 3 heteroatoms. The van der Waals surface area contributed by atoms with Gasteiger partial charge in [-0.2, -0.15) is 0 Å². The topological polar surface area (TPSA) is 29.1 Å². The molecule has 0 unspecified atom stereocenters. The van der Waals surface area contributed by atoms with Gasteiger partial charge in [-0.15, -0.1) is 11.3 Å². The largest absolute Gasteiger partial charge is 0.379 e. The highest BCUT2D eigenvalue weighted by Crippen LogP contribution is 2.19. The van der Waals surface area contributed by atoms with E-state index in [0.717, 1.165) is 22.2 Å². The minimum Gasteiger partial charge on any atom is -0.379 e. The molecule has 0 aliphatic carbocycles. The maximum atomic E-state index is 12.1. The summed E-state index contributed by atoms with van der Waals surface area (Å²) in [4.78, 5) is 12.1. The molecular weight excluding hydrogens is 218 g/mol. The van der Waals surface area contributed by atoms with Crippen molar-refractivity contribution in [1.29, 1.82) is 0 Å². The molecule has 84 valence electrons. The van der Waals surface area contributed by atoms with Crippen molar-refractivity contribution in [2.75, 3.05) is 5.32 Å². The SMILES string of the molecule is CC[C@H](C)Nc1csc2ccccc2c1=O. The van der Waals surface area contributed by atoms with E-state index in [1.807, 2.05) is 29.6 Å². The molecule has 0 aliphatic rings. The van der Waals surface area contributed by atoms with Crippen LogP contribution >= 0.6 is 11.3 Å². The molecule has 0 saturated heterocycles. The van der Waals surface area contributed by atoms with Gasteiger partial charge < -0.3 is 5.32 Å². The molecule has 1 atom stereocenters. The van der Waals surface area contributed by atoms with Gasteiger partial charge in [-0.25, -0.2) is 0 Å². The zero-order chi connectivity index (χ0) is 11.5. The maximum absolute atomic E-state index is 12.1. The Hall–Kier alpha value is -1.35. The van der Waals surface area contributed by atoms with Crippen molar-refractivity contribution in [3.05, 3.63) is 39.9 Å². The second kappa shape index (κ2) is 4.66. The summed E-state index contributed by atoms with van der Waals surface area (Å²) >= 11 is 1.61. The van der Waals surface area contributed by atoms with E-state index in [4.69, 9.17) is 0 Å². The van der Waals surface area contributed by atoms with Crippen LogP contribution in [0.1, 0.15) is 20.3 Å². The van der Waals surface area contributed by atoms with Crippen molar-refractivity contribution in [3.8, 4) is 0 Å². The molecule has 1 aromatic carbocycles. The number of benzene rings is 1. The highest BCUT2D eigenvalue weighted by Gasteiger charge is 2.06. The molecule has 0 aliphatic heterocycles. The van der Waals surface area contributed by atoms with E-state index < -0.39 is 0 Å². The molecule has 0 saturated carbocycles. The van der Waals surface area contributed by atoms with Crippen LogP contribution < -0.4 is 10.7 Å². The van der Waals surface area contributed by atoms with Crippen LogP contribution in [-0.2, 0) is 0 Å². The second-order valence-electron chi connectivity index (χ2n) is 3.93. The van der Waals surface area contributed by atoms with Crippen LogP contribution in [0.15, 0.2) is 34.4 Å². The van der Waals surface area contributed by atoms with E-state index in [9.17, 15) is 4.79 Å². The number of rotatable bonds is 3. The van der Waals surface area contributed by atoms with E-state index in [0.29, 0.717) is 6.04 Å². The lowest BCUT2D eigenvalue weighted by molar-refractivity contribution is 0.764. The summed E-state index contributed by atoms with van der Waals surface area (Å²) in [7, 11) is 0. The lowest BCUT2D eigenvalue weighted by Crippen LogP contribution is -2.19. The number of fused-ring (bicyclic) bond motifs is 1. The van der Waals surface area contributed by atoms with Gasteiger partial charge in [0, 0.05) is 21.5 Å². The first-order valence-electron chi connectivity index (χ1n) is 5.49. The zero-order valence-corrected chi connectivity index (χ0v) is 10.3. The predicted octanol–water partition coefficient (Wildman–Crippen LogP) is 3.47. The molecule has 2 rings (SSSR count). The monoisotopic (exact) mass is 233 g/mol. The zero-order valence-electron chi connectivity index (χ0n) is 9.49. The summed E-state index contributed by atoms with van der Waals surface area (Å²) in [6.45, 7) is 4.19. The van der Waals surface area contributed by atoms with Gasteiger partial charge in [0.25, 0.3) is 0 Å². The van der Waals surface area contributed by atoms with Gasteiger partial charge in [0.05, 0.1) is 5.69 Å². The van der Waals surface area contributed by atoms with Crippen molar-refractivity contribution in [2.45, 2.75) is 26.3 Å². The van der Waals surface area contributed by atoms with Crippen molar-refractivity contribution < 1.29 is 0 Å². The fourth-order valence-corrected chi connectivity index (χ4v) is 2.41. The van der Waals surface area contributed by atoms with Gasteiger partial charge in [0.2, 0.25) is 5.43 Å². The minimum atomic E-state index is 0.106. The van der Waals surface area contributed by atoms with Crippen molar-refractivity contribution >= 4 is 27.1 Å². The Kier molecular flexibility index (Phi) is 3.25. The summed E-state index contributed by atoms with van der Waals surface area (Å²) in [5.41, 5.74) is 0.827. The van der Waals surface area contributed by atoms with Crippen LogP contribution in [0.3, 0.4) is 0 Å². The summed E-state index contributed by atoms with van der Waals surface area (Å²) in [5, 5.41) is 5.97. The Morgan fingerprint density at radius 3 is 2.88 bits per heavy atom. The molecule has 1 N–H and O–H groups in total. The molecule has 2 aromatic rings. The van der Waals surface area contributed by atoms with E-state index in [1.54, 1.807) is 11.3 Å². The summed E-state index contributed by atoms with van der Waals surface area (Å²) in [5.74, 6) is 0. The van der Waals surface area contributed by atoms with E-state index in [-0.39, 0.29) is 5.43 Å². The van der Waals surface area contributed by atoms with Crippen LogP contribution in [-0.4, -0.2) is 6.04 Å². The number of hydrogen-bond donors (Lipinski definition) is 1. The molecular formula is C13H15NOS. The molecule has 1 heterocycles. The van der Waals surface area contributed by atoms with E-state index in [2.05, 4.69) is 19.2 Å². The van der Waals surface area contributed by atoms with Crippen LogP contribution in [0.2, 0.25) is 0 Å². The highest BCUT2D eigenvalue weighted by atomic mass is 32.1. The average Bonchev–Trinajstić information content (AvgIpc) is 2.33. The van der Waals surface area contributed by atoms with Crippen LogP contribution in [0.25, 0.3) is 10.1 Å². The lowest BCUT2D eigenvalue weighted by Gasteiger charge is -2.12. The van der Waals surface area contributed by atoms with Crippen LogP contribution in [0, 0.1) is 0 Å². The number of nitrogens with one attached hydrogen (secondary N) is 1. The molecule has 0 bridgehead atoms. The smallest absolute Gasteiger partial charge is 0.211 e. The summed E-state index contributed by atoms with van der Waals surface area (Å²) < 4.78 is 1.04. The van der Waals surface area contributed by atoms with Gasteiger partial charge in [0.15, 0.2) is 0 Å². The third kappa shape index (κ3) is 2.09. The summed E-state index contributed by atoms with van der Waals surface area (Å²) in [6, 6.07) is 8.06. The Labute approximate surface area is 98.9 Å². The molecule has 16 heavy (non-hydrogen) atoms. The van der Waals surface area contributed by atoms with Gasteiger partial charge in [0.1, 0.15) is 0 Å². The Morgan fingerprint density at radius 1 is 1.38 bits per heavy atom. The minimum absolute atomic E-state index is 0.106. The number of hydrogen-bond acceptors (Lipinski definition) is 3. The highest BCUT2D eigenvalue weighted by molar-refractivity contribution is 7.16. The molecule has 0 fully saturated rings. The second-order valence-corrected chi connectivity index (χ2v) is 4.84. The standard InChI is InChI=1S/C13H15NOS/c1-3-9(2)14-11-8-16-12-7-5-4-6-10(12)13(11)15/h4-9,14H,3H2,1-2H3/t9-/m0/s1.